The van der Waals surface area contributed by atoms with Crippen molar-refractivity contribution in [2.45, 2.75) is 25.8 Å². The Morgan fingerprint density at radius 1 is 1.38 bits per heavy atom. The van der Waals surface area contributed by atoms with Crippen LogP contribution in [0, 0.1) is 5.92 Å². The van der Waals surface area contributed by atoms with Crippen LogP contribution >= 0.6 is 0 Å². The van der Waals surface area contributed by atoms with Gasteiger partial charge in [0.2, 0.25) is 11.8 Å². The zero-order valence-corrected chi connectivity index (χ0v) is 15.9. The van der Waals surface area contributed by atoms with Crippen LogP contribution in [0.5, 0.6) is 5.75 Å². The fourth-order valence-electron chi connectivity index (χ4n) is 3.75. The molecule has 2 atom stereocenters. The van der Waals surface area contributed by atoms with Gasteiger partial charge < -0.3 is 14.5 Å². The Kier molecular flexibility index (Phi) is 5.22. The summed E-state index contributed by atoms with van der Waals surface area (Å²) in [7, 11) is -1.50. The average molecular weight is 380 g/mol. The van der Waals surface area contributed by atoms with E-state index in [9.17, 15) is 18.0 Å². The average Bonchev–Trinajstić information content (AvgIpc) is 3.18. The fourth-order valence-corrected chi connectivity index (χ4v) is 5.48. The lowest BCUT2D eigenvalue weighted by Gasteiger charge is -2.29. The highest BCUT2D eigenvalue weighted by atomic mass is 32.2. The number of ether oxygens (including phenoxy) is 1. The highest BCUT2D eigenvalue weighted by molar-refractivity contribution is 7.91. The van der Waals surface area contributed by atoms with Gasteiger partial charge in [-0.15, -0.1) is 0 Å². The second-order valence-electron chi connectivity index (χ2n) is 6.79. The van der Waals surface area contributed by atoms with Crippen LogP contribution in [-0.4, -0.2) is 62.9 Å². The van der Waals surface area contributed by atoms with Crippen LogP contribution in [0.4, 0.5) is 5.69 Å². The third-order valence-electron chi connectivity index (χ3n) is 5.11. The van der Waals surface area contributed by atoms with Crippen molar-refractivity contribution >= 4 is 27.3 Å². The van der Waals surface area contributed by atoms with Gasteiger partial charge in [0.05, 0.1) is 24.5 Å². The molecule has 0 radical (unpaired) electrons. The molecular weight excluding hydrogens is 356 g/mol. The molecule has 0 saturated carbocycles. The van der Waals surface area contributed by atoms with Gasteiger partial charge in [-0.25, -0.2) is 8.42 Å². The Morgan fingerprint density at radius 3 is 2.77 bits per heavy atom. The molecule has 142 valence electrons. The van der Waals surface area contributed by atoms with E-state index in [1.807, 2.05) is 13.0 Å². The molecule has 2 aliphatic rings. The molecule has 2 fully saturated rings. The molecule has 2 aliphatic heterocycles. The number of methoxy groups -OCH3 is 1. The molecule has 8 heteroatoms. The molecule has 0 bridgehead atoms. The van der Waals surface area contributed by atoms with Gasteiger partial charge in [0.1, 0.15) is 5.75 Å². The summed E-state index contributed by atoms with van der Waals surface area (Å²) in [6.07, 6.45) is 0.619. The molecule has 2 heterocycles. The van der Waals surface area contributed by atoms with Gasteiger partial charge >= 0.3 is 0 Å². The van der Waals surface area contributed by atoms with Crippen LogP contribution in [0.3, 0.4) is 0 Å². The van der Waals surface area contributed by atoms with Crippen LogP contribution < -0.4 is 9.64 Å². The summed E-state index contributed by atoms with van der Waals surface area (Å²) in [4.78, 5) is 28.6. The molecule has 0 aliphatic carbocycles. The monoisotopic (exact) mass is 380 g/mol. The largest absolute Gasteiger partial charge is 0.497 e. The first-order chi connectivity index (χ1) is 12.3. The minimum Gasteiger partial charge on any atom is -0.497 e. The number of sulfone groups is 1. The van der Waals surface area contributed by atoms with Crippen LogP contribution in [-0.2, 0) is 19.4 Å². The number of hydrogen-bond acceptors (Lipinski definition) is 5. The Bertz CT molecular complexity index is 808. The number of rotatable bonds is 5. The standard InChI is InChI=1S/C18H24N2O5S/c1-3-19(15-7-8-26(23,24)12-15)18(22)13-9-17(21)20(11-13)14-5-4-6-16(10-14)25-2/h4-6,10,13,15H,3,7-9,11-12H2,1-2H3. The molecule has 0 aromatic heterocycles. The van der Waals surface area contributed by atoms with E-state index in [4.69, 9.17) is 4.74 Å². The smallest absolute Gasteiger partial charge is 0.228 e. The predicted octanol–water partition coefficient (Wildman–Crippen LogP) is 1.08. The summed E-state index contributed by atoms with van der Waals surface area (Å²) in [6.45, 7) is 2.60. The lowest BCUT2D eigenvalue weighted by Crippen LogP contribution is -2.44. The quantitative estimate of drug-likeness (QED) is 0.763. The molecule has 0 spiro atoms. The Balaban J connectivity index is 1.73. The van der Waals surface area contributed by atoms with Crippen LogP contribution in [0.15, 0.2) is 24.3 Å². The highest BCUT2D eigenvalue weighted by Crippen LogP contribution is 2.30. The zero-order valence-electron chi connectivity index (χ0n) is 15.1. The summed E-state index contributed by atoms with van der Waals surface area (Å²) >= 11 is 0. The number of hydrogen-bond donors (Lipinski definition) is 0. The van der Waals surface area contributed by atoms with Gasteiger partial charge in [-0.05, 0) is 25.5 Å². The summed E-state index contributed by atoms with van der Waals surface area (Å²) in [5, 5.41) is 0. The van der Waals surface area contributed by atoms with E-state index in [0.29, 0.717) is 30.9 Å². The molecule has 0 N–H and O–H groups in total. The van der Waals surface area contributed by atoms with E-state index in [2.05, 4.69) is 0 Å². The minimum absolute atomic E-state index is 0.0207. The van der Waals surface area contributed by atoms with E-state index in [1.54, 1.807) is 35.1 Å². The second-order valence-corrected chi connectivity index (χ2v) is 9.02. The zero-order chi connectivity index (χ0) is 18.9. The minimum atomic E-state index is -3.06. The number of carbonyl (C=O) groups is 2. The first-order valence-electron chi connectivity index (χ1n) is 8.80. The van der Waals surface area contributed by atoms with Crippen LogP contribution in [0.2, 0.25) is 0 Å². The number of benzene rings is 1. The lowest BCUT2D eigenvalue weighted by atomic mass is 10.1. The summed E-state index contributed by atoms with van der Waals surface area (Å²) in [6, 6.07) is 6.91. The van der Waals surface area contributed by atoms with Gasteiger partial charge in [-0.3, -0.25) is 9.59 Å². The van der Waals surface area contributed by atoms with Gasteiger partial charge in [0.25, 0.3) is 0 Å². The van der Waals surface area contributed by atoms with Crippen molar-refractivity contribution in [3.05, 3.63) is 24.3 Å². The molecule has 26 heavy (non-hydrogen) atoms. The molecule has 1 aromatic carbocycles. The van der Waals surface area contributed by atoms with Gasteiger partial charge in [-0.1, -0.05) is 6.07 Å². The van der Waals surface area contributed by atoms with Crippen LogP contribution in [0.1, 0.15) is 19.8 Å². The predicted molar refractivity (Wildman–Crippen MR) is 97.9 cm³/mol. The first kappa shape index (κ1) is 18.7. The van der Waals surface area contributed by atoms with Crippen molar-refractivity contribution in [3.63, 3.8) is 0 Å². The van der Waals surface area contributed by atoms with Crippen molar-refractivity contribution in [2.75, 3.05) is 36.6 Å². The number of amides is 2. The summed E-state index contributed by atoms with van der Waals surface area (Å²) < 4.78 is 28.7. The topological polar surface area (TPSA) is 84.0 Å². The molecule has 2 saturated heterocycles. The maximum atomic E-state index is 12.9. The lowest BCUT2D eigenvalue weighted by molar-refractivity contribution is -0.137. The molecule has 1 aromatic rings. The maximum Gasteiger partial charge on any atom is 0.228 e. The van der Waals surface area contributed by atoms with Gasteiger partial charge in [-0.2, -0.15) is 0 Å². The third-order valence-corrected chi connectivity index (χ3v) is 6.86. The number of nitrogens with zero attached hydrogens (tertiary/aromatic N) is 2. The number of carbonyl (C=O) groups excluding carboxylic acids is 2. The van der Waals surface area contributed by atoms with E-state index < -0.39 is 15.8 Å². The Labute approximate surface area is 153 Å². The molecule has 3 rings (SSSR count). The fraction of sp³-hybridized carbons (Fsp3) is 0.556. The van der Waals surface area contributed by atoms with E-state index in [0.717, 1.165) is 0 Å². The SMILES string of the molecule is CCN(C(=O)C1CC(=O)N(c2cccc(OC)c2)C1)C1CCS(=O)(=O)C1. The third kappa shape index (κ3) is 3.70. The number of anilines is 1. The van der Waals surface area contributed by atoms with Crippen LogP contribution in [0.25, 0.3) is 0 Å². The normalized spacial score (nSPS) is 24.7. The molecule has 2 amide bonds. The van der Waals surface area contributed by atoms with E-state index in [-0.39, 0.29) is 35.8 Å². The van der Waals surface area contributed by atoms with Crippen molar-refractivity contribution in [1.82, 2.24) is 4.90 Å². The van der Waals surface area contributed by atoms with E-state index in [1.165, 1.54) is 0 Å². The van der Waals surface area contributed by atoms with Gasteiger partial charge in [0.15, 0.2) is 9.84 Å². The molecular formula is C18H24N2O5S. The van der Waals surface area contributed by atoms with E-state index >= 15 is 0 Å². The molecule has 2 unspecified atom stereocenters. The summed E-state index contributed by atoms with van der Waals surface area (Å²) in [5.74, 6) is 0.113. The van der Waals surface area contributed by atoms with Crippen molar-refractivity contribution in [2.24, 2.45) is 5.92 Å². The van der Waals surface area contributed by atoms with Crippen molar-refractivity contribution in [3.8, 4) is 5.75 Å². The first-order valence-corrected chi connectivity index (χ1v) is 10.6. The van der Waals surface area contributed by atoms with Gasteiger partial charge in [0, 0.05) is 37.3 Å². The Morgan fingerprint density at radius 2 is 2.15 bits per heavy atom. The Hall–Kier alpha value is -2.09. The summed E-state index contributed by atoms with van der Waals surface area (Å²) in [5.41, 5.74) is 0.705. The van der Waals surface area contributed by atoms with Crippen molar-refractivity contribution in [1.29, 1.82) is 0 Å². The molecule has 7 nitrogen and oxygen atoms in total. The second kappa shape index (κ2) is 7.26. The highest BCUT2D eigenvalue weighted by Gasteiger charge is 2.41. The van der Waals surface area contributed by atoms with Crippen molar-refractivity contribution < 1.29 is 22.7 Å². The maximum absolute atomic E-state index is 12.9.